The highest BCUT2D eigenvalue weighted by Gasteiger charge is 2.28. The molecule has 2 atom stereocenters. The summed E-state index contributed by atoms with van der Waals surface area (Å²) in [5, 5.41) is 15.8. The third kappa shape index (κ3) is 8.56. The number of carbonyl (C=O) groups is 3. The molecule has 0 unspecified atom stereocenters. The molecule has 0 saturated carbocycles. The van der Waals surface area contributed by atoms with Crippen LogP contribution in [-0.4, -0.2) is 55.6 Å². The fourth-order valence-corrected chi connectivity index (χ4v) is 5.99. The van der Waals surface area contributed by atoms with E-state index in [1.54, 1.807) is 111 Å². The normalized spacial score (nSPS) is 12.1. The number of rotatable bonds is 14. The number of amides is 2. The maximum Gasteiger partial charge on any atom is 0.408 e. The maximum atomic E-state index is 14.0. The standard InChI is InChI=1S/C40H38N6O8/c1-25(20-33(39(49)50)43-40(51)53-24-27-10-6-4-7-11-27)23-45-26(2)36(38(48)46(45)28-12-8-5-9-13-28)37(47)44-35-17-15-30(22-42-35)54-34-18-19-41-32-21-29(52-3)14-16-31(32)34/h4-19,21-22,25,33H,20,23-24H2,1-3H3,(H,43,51)(H,49,50)(H,42,44,47)/t25-,33+/m1/s1. The summed E-state index contributed by atoms with van der Waals surface area (Å²) in [4.78, 5) is 61.0. The van der Waals surface area contributed by atoms with Gasteiger partial charge in [-0.15, -0.1) is 0 Å². The molecule has 3 aromatic carbocycles. The predicted molar refractivity (Wildman–Crippen MR) is 200 cm³/mol. The Morgan fingerprint density at radius 2 is 1.63 bits per heavy atom. The number of fused-ring (bicyclic) bond motifs is 1. The minimum atomic E-state index is -1.27. The highest BCUT2D eigenvalue weighted by atomic mass is 16.5. The summed E-state index contributed by atoms with van der Waals surface area (Å²) < 4.78 is 19.6. The summed E-state index contributed by atoms with van der Waals surface area (Å²) >= 11 is 0. The lowest BCUT2D eigenvalue weighted by Gasteiger charge is -2.21. The first kappa shape index (κ1) is 36.8. The summed E-state index contributed by atoms with van der Waals surface area (Å²) in [5.74, 6) is -0.456. The third-order valence-corrected chi connectivity index (χ3v) is 8.67. The fraction of sp³-hybridized carbons (Fsp3) is 0.200. The van der Waals surface area contributed by atoms with Crippen LogP contribution in [-0.2, 0) is 22.7 Å². The van der Waals surface area contributed by atoms with Crippen LogP contribution in [0.1, 0.15) is 35.0 Å². The number of hydrogen-bond donors (Lipinski definition) is 3. The molecule has 2 amide bonds. The zero-order valence-corrected chi connectivity index (χ0v) is 29.8. The average Bonchev–Trinajstić information content (AvgIpc) is 3.42. The largest absolute Gasteiger partial charge is 0.497 e. The van der Waals surface area contributed by atoms with Crippen LogP contribution in [0.5, 0.6) is 17.2 Å². The molecule has 0 saturated heterocycles. The van der Waals surface area contributed by atoms with Crippen LogP contribution in [0.4, 0.5) is 10.6 Å². The summed E-state index contributed by atoms with van der Waals surface area (Å²) in [6, 6.07) is 27.0. The Bertz CT molecular complexity index is 2330. The first-order valence-electron chi connectivity index (χ1n) is 17.1. The molecular formula is C40H38N6O8. The van der Waals surface area contributed by atoms with Crippen molar-refractivity contribution in [1.29, 1.82) is 0 Å². The Labute approximate surface area is 309 Å². The van der Waals surface area contributed by atoms with Gasteiger partial charge in [-0.05, 0) is 67.3 Å². The van der Waals surface area contributed by atoms with E-state index in [1.807, 2.05) is 18.2 Å². The van der Waals surface area contributed by atoms with Gasteiger partial charge in [0.05, 0.1) is 30.2 Å². The quantitative estimate of drug-likeness (QED) is 0.115. The van der Waals surface area contributed by atoms with Gasteiger partial charge in [-0.2, -0.15) is 0 Å². The van der Waals surface area contributed by atoms with E-state index in [1.165, 1.54) is 10.9 Å². The van der Waals surface area contributed by atoms with Crippen LogP contribution >= 0.6 is 0 Å². The lowest BCUT2D eigenvalue weighted by Crippen LogP contribution is -2.42. The number of alkyl carbamates (subject to hydrolysis) is 1. The molecule has 14 heteroatoms. The minimum absolute atomic E-state index is 0.0136. The van der Waals surface area contributed by atoms with Gasteiger partial charge >= 0.3 is 12.1 Å². The molecule has 3 N–H and O–H groups in total. The van der Waals surface area contributed by atoms with Crippen molar-refractivity contribution in [3.05, 3.63) is 137 Å². The lowest BCUT2D eigenvalue weighted by molar-refractivity contribution is -0.139. The molecule has 3 aromatic heterocycles. The number of hydrogen-bond acceptors (Lipinski definition) is 9. The average molecular weight is 731 g/mol. The van der Waals surface area contributed by atoms with E-state index in [0.717, 1.165) is 10.9 Å². The molecular weight excluding hydrogens is 692 g/mol. The molecule has 6 rings (SSSR count). The zero-order chi connectivity index (χ0) is 38.2. The van der Waals surface area contributed by atoms with Gasteiger partial charge in [0.2, 0.25) is 0 Å². The number of para-hydroxylation sites is 1. The molecule has 0 radical (unpaired) electrons. The smallest absolute Gasteiger partial charge is 0.408 e. The third-order valence-electron chi connectivity index (χ3n) is 8.67. The van der Waals surface area contributed by atoms with Gasteiger partial charge in [0.25, 0.3) is 11.5 Å². The Morgan fingerprint density at radius 1 is 0.907 bits per heavy atom. The summed E-state index contributed by atoms with van der Waals surface area (Å²) in [6.45, 7) is 3.58. The summed E-state index contributed by atoms with van der Waals surface area (Å²) in [7, 11) is 1.58. The van der Waals surface area contributed by atoms with Gasteiger partial charge in [-0.25, -0.2) is 19.3 Å². The number of aliphatic carboxylic acids is 1. The molecule has 0 aliphatic carbocycles. The van der Waals surface area contributed by atoms with Crippen molar-refractivity contribution in [1.82, 2.24) is 24.6 Å². The molecule has 276 valence electrons. The number of nitrogens with one attached hydrogen (secondary N) is 2. The Balaban J connectivity index is 1.17. The summed E-state index contributed by atoms with van der Waals surface area (Å²) in [5.41, 5.74) is 1.64. The number of carboxylic acids is 1. The van der Waals surface area contributed by atoms with Crippen LogP contribution < -0.4 is 25.7 Å². The van der Waals surface area contributed by atoms with E-state index in [9.17, 15) is 24.3 Å². The van der Waals surface area contributed by atoms with Crippen LogP contribution in [0.3, 0.4) is 0 Å². The molecule has 0 fully saturated rings. The van der Waals surface area contributed by atoms with Crippen molar-refractivity contribution < 1.29 is 33.7 Å². The first-order chi connectivity index (χ1) is 26.1. The van der Waals surface area contributed by atoms with Crippen molar-refractivity contribution in [2.45, 2.75) is 39.5 Å². The van der Waals surface area contributed by atoms with E-state index < -0.39 is 29.6 Å². The number of aromatic nitrogens is 4. The molecule has 3 heterocycles. The van der Waals surface area contributed by atoms with E-state index in [-0.39, 0.29) is 36.9 Å². The SMILES string of the molecule is COc1ccc2c(Oc3ccc(NC(=O)c4c(C)n(C[C@H](C)C[C@H](NC(=O)OCc5ccccc5)C(=O)O)n(-c5ccccc5)c4=O)nc3)ccnc2c1. The van der Waals surface area contributed by atoms with E-state index >= 15 is 0 Å². The second-order valence-electron chi connectivity index (χ2n) is 12.6. The van der Waals surface area contributed by atoms with Gasteiger partial charge < -0.3 is 30.0 Å². The highest BCUT2D eigenvalue weighted by molar-refractivity contribution is 6.04. The second-order valence-corrected chi connectivity index (χ2v) is 12.6. The van der Waals surface area contributed by atoms with Gasteiger partial charge in [0.1, 0.15) is 41.3 Å². The van der Waals surface area contributed by atoms with Gasteiger partial charge in [-0.1, -0.05) is 55.5 Å². The predicted octanol–water partition coefficient (Wildman–Crippen LogP) is 6.35. The number of anilines is 1. The number of nitrogens with zero attached hydrogens (tertiary/aromatic N) is 4. The molecule has 0 bridgehead atoms. The first-order valence-corrected chi connectivity index (χ1v) is 17.1. The van der Waals surface area contributed by atoms with Crippen molar-refractivity contribution in [2.75, 3.05) is 12.4 Å². The molecule has 6 aromatic rings. The topological polar surface area (TPSA) is 176 Å². The van der Waals surface area contributed by atoms with Crippen LogP contribution in [0.2, 0.25) is 0 Å². The molecule has 0 aliphatic rings. The number of ether oxygens (including phenoxy) is 3. The van der Waals surface area contributed by atoms with Gasteiger partial charge in [0.15, 0.2) is 0 Å². The van der Waals surface area contributed by atoms with Crippen molar-refractivity contribution >= 4 is 34.7 Å². The van der Waals surface area contributed by atoms with Crippen molar-refractivity contribution in [3.63, 3.8) is 0 Å². The molecule has 0 spiro atoms. The van der Waals surface area contributed by atoms with E-state index in [0.29, 0.717) is 34.1 Å². The van der Waals surface area contributed by atoms with Crippen LogP contribution in [0, 0.1) is 12.8 Å². The van der Waals surface area contributed by atoms with Gasteiger partial charge in [0, 0.05) is 24.2 Å². The number of carbonyl (C=O) groups excluding carboxylic acids is 2. The maximum absolute atomic E-state index is 14.0. The Kier molecular flexibility index (Phi) is 11.3. The Morgan fingerprint density at radius 3 is 2.31 bits per heavy atom. The summed E-state index contributed by atoms with van der Waals surface area (Å²) in [6.07, 6.45) is 2.23. The monoisotopic (exact) mass is 730 g/mol. The van der Waals surface area contributed by atoms with E-state index in [4.69, 9.17) is 14.2 Å². The Hall–Kier alpha value is -6.96. The minimum Gasteiger partial charge on any atom is -0.497 e. The number of methoxy groups -OCH3 is 1. The second kappa shape index (κ2) is 16.6. The van der Waals surface area contributed by atoms with Gasteiger partial charge in [-0.3, -0.25) is 19.3 Å². The molecule has 54 heavy (non-hydrogen) atoms. The lowest BCUT2D eigenvalue weighted by atomic mass is 10.0. The number of benzene rings is 3. The molecule has 0 aliphatic heterocycles. The zero-order valence-electron chi connectivity index (χ0n) is 29.8. The number of carboxylic acid groups (broad SMARTS) is 1. The molecule has 14 nitrogen and oxygen atoms in total. The van der Waals surface area contributed by atoms with Crippen LogP contribution in [0.15, 0.2) is 114 Å². The van der Waals surface area contributed by atoms with Crippen LogP contribution in [0.25, 0.3) is 16.6 Å². The number of pyridine rings is 2. The van der Waals surface area contributed by atoms with Crippen molar-refractivity contribution in [3.8, 4) is 22.9 Å². The van der Waals surface area contributed by atoms with Crippen molar-refractivity contribution in [2.24, 2.45) is 5.92 Å². The fourth-order valence-electron chi connectivity index (χ4n) is 5.99. The highest BCUT2D eigenvalue weighted by Crippen LogP contribution is 2.31. The van der Waals surface area contributed by atoms with E-state index in [2.05, 4.69) is 20.6 Å².